The lowest BCUT2D eigenvalue weighted by atomic mass is 10.1. The third-order valence-corrected chi connectivity index (χ3v) is 9.92. The van der Waals surface area contributed by atoms with Crippen LogP contribution in [0.1, 0.15) is 0 Å². The first-order valence-corrected chi connectivity index (χ1v) is 13.0. The Bertz CT molecular complexity index is 1040. The van der Waals surface area contributed by atoms with Crippen molar-refractivity contribution < 1.29 is 16.8 Å². The molecule has 0 aromatic heterocycles. The molecule has 0 saturated carbocycles. The molecule has 30 heavy (non-hydrogen) atoms. The summed E-state index contributed by atoms with van der Waals surface area (Å²) in [6, 6.07) is 9.80. The summed E-state index contributed by atoms with van der Waals surface area (Å²) in [6.07, 6.45) is 0. The molecule has 0 unspecified atom stereocenters. The van der Waals surface area contributed by atoms with Crippen LogP contribution in [0.15, 0.2) is 46.2 Å². The van der Waals surface area contributed by atoms with E-state index in [1.165, 1.54) is 8.61 Å². The number of benzene rings is 2. The summed E-state index contributed by atoms with van der Waals surface area (Å²) in [5.41, 5.74) is 0. The minimum atomic E-state index is -3.71. The molecule has 8 nitrogen and oxygen atoms in total. The van der Waals surface area contributed by atoms with Gasteiger partial charge in [0.25, 0.3) is 0 Å². The molecule has 2 aromatic rings. The maximum absolute atomic E-state index is 13.3. The normalized spacial score (nSPS) is 21.3. The van der Waals surface area contributed by atoms with Crippen molar-refractivity contribution >= 4 is 30.8 Å². The molecule has 2 aromatic carbocycles. The van der Waals surface area contributed by atoms with E-state index in [9.17, 15) is 16.8 Å². The average Bonchev–Trinajstić information content (AvgIpc) is 2.73. The lowest BCUT2D eigenvalue weighted by molar-refractivity contribution is 0.222. The Morgan fingerprint density at radius 3 is 1.23 bits per heavy atom. The molecule has 4 rings (SSSR count). The van der Waals surface area contributed by atoms with Crippen LogP contribution in [0.25, 0.3) is 10.8 Å². The van der Waals surface area contributed by atoms with Gasteiger partial charge in [-0.25, -0.2) is 16.8 Å². The van der Waals surface area contributed by atoms with Gasteiger partial charge in [-0.3, -0.25) is 0 Å². The number of hydrogen-bond donors (Lipinski definition) is 0. The molecule has 164 valence electrons. The number of fused-ring (bicyclic) bond motifs is 1. The van der Waals surface area contributed by atoms with Crippen molar-refractivity contribution in [1.82, 2.24) is 18.4 Å². The van der Waals surface area contributed by atoms with E-state index >= 15 is 0 Å². The standard InChI is InChI=1S/C20H28N4O4S2/c1-21-9-13-23(14-10-21)29(25,26)19-7-3-6-18-17(19)5-4-8-20(18)30(27,28)24-15-11-22(2)12-16-24/h3-8H,9-16H2,1-2H3. The first kappa shape index (κ1) is 21.7. The van der Waals surface area contributed by atoms with Crippen LogP contribution in [0, 0.1) is 0 Å². The van der Waals surface area contributed by atoms with E-state index in [1.807, 2.05) is 14.1 Å². The second-order valence-corrected chi connectivity index (χ2v) is 11.8. The fourth-order valence-corrected chi connectivity index (χ4v) is 7.29. The van der Waals surface area contributed by atoms with Gasteiger partial charge < -0.3 is 9.80 Å². The first-order valence-electron chi connectivity index (χ1n) is 10.1. The lowest BCUT2D eigenvalue weighted by Gasteiger charge is -2.32. The van der Waals surface area contributed by atoms with Gasteiger partial charge in [0.05, 0.1) is 9.79 Å². The minimum Gasteiger partial charge on any atom is -0.304 e. The highest BCUT2D eigenvalue weighted by molar-refractivity contribution is 7.89. The number of piperazine rings is 2. The van der Waals surface area contributed by atoms with Gasteiger partial charge >= 0.3 is 0 Å². The number of hydrogen-bond acceptors (Lipinski definition) is 6. The fourth-order valence-electron chi connectivity index (χ4n) is 4.04. The Labute approximate surface area is 178 Å². The van der Waals surface area contributed by atoms with E-state index in [4.69, 9.17) is 0 Å². The predicted octanol–water partition coefficient (Wildman–Crippen LogP) is 0.712. The van der Waals surface area contributed by atoms with Crippen LogP contribution in [-0.2, 0) is 20.0 Å². The molecular weight excluding hydrogens is 424 g/mol. The highest BCUT2D eigenvalue weighted by Crippen LogP contribution is 2.32. The number of sulfonamides is 2. The van der Waals surface area contributed by atoms with Crippen molar-refractivity contribution in [2.45, 2.75) is 9.79 Å². The molecule has 10 heteroatoms. The summed E-state index contributed by atoms with van der Waals surface area (Å²) in [5, 5.41) is 0.901. The van der Waals surface area contributed by atoms with Gasteiger partial charge in [-0.1, -0.05) is 24.3 Å². The van der Waals surface area contributed by atoms with Gasteiger partial charge in [-0.2, -0.15) is 8.61 Å². The molecule has 0 N–H and O–H groups in total. The van der Waals surface area contributed by atoms with Crippen LogP contribution < -0.4 is 0 Å². The minimum absolute atomic E-state index is 0.167. The molecule has 0 aliphatic carbocycles. The highest BCUT2D eigenvalue weighted by Gasteiger charge is 2.32. The van der Waals surface area contributed by atoms with Crippen LogP contribution >= 0.6 is 0 Å². The Hall–Kier alpha value is -1.56. The Balaban J connectivity index is 1.77. The summed E-state index contributed by atoms with van der Waals surface area (Å²) in [4.78, 5) is 4.52. The zero-order valence-electron chi connectivity index (χ0n) is 17.4. The first-order chi connectivity index (χ1) is 14.2. The van der Waals surface area contributed by atoms with Crippen LogP contribution in [0.5, 0.6) is 0 Å². The molecule has 0 spiro atoms. The molecule has 2 aliphatic rings. The van der Waals surface area contributed by atoms with Crippen molar-refractivity contribution in [2.24, 2.45) is 0 Å². The third kappa shape index (κ3) is 3.88. The molecule has 2 fully saturated rings. The Morgan fingerprint density at radius 1 is 0.567 bits per heavy atom. The molecule has 0 atom stereocenters. The predicted molar refractivity (Wildman–Crippen MR) is 116 cm³/mol. The molecule has 0 bridgehead atoms. The Kier molecular flexibility index (Phi) is 5.90. The molecule has 0 amide bonds. The highest BCUT2D eigenvalue weighted by atomic mass is 32.2. The van der Waals surface area contributed by atoms with Crippen LogP contribution in [0.3, 0.4) is 0 Å². The quantitative estimate of drug-likeness (QED) is 0.680. The summed E-state index contributed by atoms with van der Waals surface area (Å²) >= 11 is 0. The maximum Gasteiger partial charge on any atom is 0.243 e. The summed E-state index contributed by atoms with van der Waals surface area (Å²) in [6.45, 7) is 4.39. The smallest absolute Gasteiger partial charge is 0.243 e. The van der Waals surface area contributed by atoms with E-state index < -0.39 is 20.0 Å². The Morgan fingerprint density at radius 2 is 0.900 bits per heavy atom. The van der Waals surface area contributed by atoms with Crippen molar-refractivity contribution in [2.75, 3.05) is 66.5 Å². The lowest BCUT2D eigenvalue weighted by Crippen LogP contribution is -2.47. The molecule has 2 aliphatic heterocycles. The second kappa shape index (κ2) is 8.18. The largest absolute Gasteiger partial charge is 0.304 e. The fraction of sp³-hybridized carbons (Fsp3) is 0.500. The topological polar surface area (TPSA) is 81.2 Å². The molecule has 2 heterocycles. The van der Waals surface area contributed by atoms with Gasteiger partial charge in [-0.15, -0.1) is 0 Å². The van der Waals surface area contributed by atoms with Gasteiger partial charge in [0.15, 0.2) is 0 Å². The van der Waals surface area contributed by atoms with E-state index in [2.05, 4.69) is 9.80 Å². The molecular formula is C20H28N4O4S2. The number of likely N-dealkylation sites (N-methyl/N-ethyl adjacent to an activating group) is 2. The molecule has 2 saturated heterocycles. The van der Waals surface area contributed by atoms with E-state index in [0.717, 1.165) is 0 Å². The number of rotatable bonds is 4. The van der Waals surface area contributed by atoms with Gasteiger partial charge in [0.1, 0.15) is 0 Å². The van der Waals surface area contributed by atoms with Crippen LogP contribution in [0.2, 0.25) is 0 Å². The van der Waals surface area contributed by atoms with Crippen LogP contribution in [0.4, 0.5) is 0 Å². The zero-order chi connectivity index (χ0) is 21.5. The van der Waals surface area contributed by atoms with Crippen molar-refractivity contribution in [3.05, 3.63) is 36.4 Å². The van der Waals surface area contributed by atoms with Gasteiger partial charge in [-0.05, 0) is 26.2 Å². The van der Waals surface area contributed by atoms with Gasteiger partial charge in [0, 0.05) is 63.1 Å². The van der Waals surface area contributed by atoms with E-state index in [1.54, 1.807) is 36.4 Å². The zero-order valence-corrected chi connectivity index (χ0v) is 19.0. The SMILES string of the molecule is CN1CCN(S(=O)(=O)c2cccc3c(S(=O)(=O)N4CCN(C)CC4)cccc23)CC1. The van der Waals surface area contributed by atoms with Gasteiger partial charge in [0.2, 0.25) is 20.0 Å². The third-order valence-electron chi connectivity index (χ3n) is 6.00. The average molecular weight is 453 g/mol. The van der Waals surface area contributed by atoms with E-state index in [0.29, 0.717) is 63.1 Å². The monoisotopic (exact) mass is 452 g/mol. The number of nitrogens with zero attached hydrogens (tertiary/aromatic N) is 4. The summed E-state index contributed by atoms with van der Waals surface area (Å²) in [5.74, 6) is 0. The van der Waals surface area contributed by atoms with Crippen molar-refractivity contribution in [1.29, 1.82) is 0 Å². The van der Waals surface area contributed by atoms with Crippen molar-refractivity contribution in [3.8, 4) is 0 Å². The summed E-state index contributed by atoms with van der Waals surface area (Å²) < 4.78 is 56.4. The maximum atomic E-state index is 13.3. The molecule has 0 radical (unpaired) electrons. The van der Waals surface area contributed by atoms with E-state index in [-0.39, 0.29) is 9.79 Å². The summed E-state index contributed by atoms with van der Waals surface area (Å²) in [7, 11) is -3.49. The second-order valence-electron chi connectivity index (χ2n) is 8.02. The van der Waals surface area contributed by atoms with Crippen molar-refractivity contribution in [3.63, 3.8) is 0 Å². The van der Waals surface area contributed by atoms with Crippen LogP contribution in [-0.4, -0.2) is 102 Å².